The van der Waals surface area contributed by atoms with Crippen LogP contribution in [-0.4, -0.2) is 9.97 Å². The lowest BCUT2D eigenvalue weighted by Crippen LogP contribution is -2.24. The van der Waals surface area contributed by atoms with Gasteiger partial charge in [-0.25, -0.2) is 4.98 Å². The number of nitrogens with two attached hydrogens (primary N) is 1. The summed E-state index contributed by atoms with van der Waals surface area (Å²) >= 11 is 13.6. The second-order valence-electron chi connectivity index (χ2n) is 4.89. The minimum atomic E-state index is -0.144. The molecule has 1 aliphatic rings. The Labute approximate surface area is 136 Å². The van der Waals surface area contributed by atoms with Crippen LogP contribution in [0.2, 0.25) is 10.0 Å². The van der Waals surface area contributed by atoms with Gasteiger partial charge >= 0.3 is 0 Å². The maximum Gasteiger partial charge on any atom is 0.256 e. The van der Waals surface area contributed by atoms with Crippen molar-refractivity contribution in [2.75, 3.05) is 5.73 Å². The van der Waals surface area contributed by atoms with Gasteiger partial charge in [-0.05, 0) is 37.5 Å². The van der Waals surface area contributed by atoms with Crippen LogP contribution in [-0.2, 0) is 6.42 Å². The summed E-state index contributed by atoms with van der Waals surface area (Å²) < 4.78 is 0. The quantitative estimate of drug-likeness (QED) is 0.870. The number of H-pyrrole nitrogens is 1. The molecule has 110 valence electrons. The highest BCUT2D eigenvalue weighted by Gasteiger charge is 2.26. The van der Waals surface area contributed by atoms with Crippen molar-refractivity contribution in [1.29, 1.82) is 0 Å². The highest BCUT2D eigenvalue weighted by atomic mass is 35.5. The molecule has 4 nitrogen and oxygen atoms in total. The summed E-state index contributed by atoms with van der Waals surface area (Å²) in [6.07, 6.45) is 2.70. The number of nitrogen functional groups attached to an aromatic ring is 1. The smallest absolute Gasteiger partial charge is 0.256 e. The molecular weight excluding hydrogens is 329 g/mol. The predicted octanol–water partition coefficient (Wildman–Crippen LogP) is 3.83. The number of thioether (sulfide) groups is 1. The summed E-state index contributed by atoms with van der Waals surface area (Å²) in [4.78, 5) is 20.0. The molecule has 3 N–H and O–H groups in total. The maximum absolute atomic E-state index is 12.2. The lowest BCUT2D eigenvalue weighted by molar-refractivity contribution is 0.647. The van der Waals surface area contributed by atoms with Crippen molar-refractivity contribution >= 4 is 40.9 Å². The van der Waals surface area contributed by atoms with E-state index >= 15 is 0 Å². The minimum Gasteiger partial charge on any atom is -0.369 e. The summed E-state index contributed by atoms with van der Waals surface area (Å²) in [7, 11) is 0. The van der Waals surface area contributed by atoms with E-state index in [1.165, 1.54) is 0 Å². The van der Waals surface area contributed by atoms with Gasteiger partial charge in [0.2, 0.25) is 5.95 Å². The Balaban J connectivity index is 1.95. The molecule has 21 heavy (non-hydrogen) atoms. The molecule has 0 radical (unpaired) electrons. The van der Waals surface area contributed by atoms with Crippen LogP contribution in [0.25, 0.3) is 0 Å². The first-order valence-electron chi connectivity index (χ1n) is 6.55. The number of hydrogen-bond donors (Lipinski definition) is 2. The number of aryl methyl sites for hydroxylation is 1. The molecular formula is C14H13Cl2N3OS. The fourth-order valence-corrected chi connectivity index (χ4v) is 4.17. The zero-order valence-electron chi connectivity index (χ0n) is 11.0. The number of nitrogens with one attached hydrogen (secondary N) is 1. The van der Waals surface area contributed by atoms with Crippen LogP contribution in [0.1, 0.15) is 29.3 Å². The van der Waals surface area contributed by atoms with E-state index in [-0.39, 0.29) is 16.8 Å². The molecule has 3 rings (SSSR count). The number of fused-ring (bicyclic) bond motifs is 1. The third-order valence-electron chi connectivity index (χ3n) is 3.42. The van der Waals surface area contributed by atoms with Gasteiger partial charge in [-0.1, -0.05) is 23.2 Å². The Morgan fingerprint density at radius 2 is 2.14 bits per heavy atom. The first-order valence-corrected chi connectivity index (χ1v) is 8.18. The van der Waals surface area contributed by atoms with E-state index in [0.29, 0.717) is 10.0 Å². The summed E-state index contributed by atoms with van der Waals surface area (Å²) in [6, 6.07) is 5.50. The number of halogens is 2. The van der Waals surface area contributed by atoms with Crippen LogP contribution in [0, 0.1) is 0 Å². The first-order chi connectivity index (χ1) is 10.0. The normalized spacial score (nSPS) is 17.5. The fourth-order valence-electron chi connectivity index (χ4n) is 2.50. The molecule has 0 bridgehead atoms. The van der Waals surface area contributed by atoms with E-state index in [1.54, 1.807) is 17.8 Å². The van der Waals surface area contributed by atoms with Gasteiger partial charge in [0.05, 0.1) is 21.3 Å². The van der Waals surface area contributed by atoms with Crippen LogP contribution in [0.4, 0.5) is 5.95 Å². The Morgan fingerprint density at radius 3 is 2.90 bits per heavy atom. The van der Waals surface area contributed by atoms with Crippen molar-refractivity contribution in [3.8, 4) is 0 Å². The van der Waals surface area contributed by atoms with Gasteiger partial charge in [0.1, 0.15) is 0 Å². The molecule has 1 aliphatic carbocycles. The van der Waals surface area contributed by atoms with Crippen molar-refractivity contribution in [2.45, 2.75) is 29.4 Å². The number of aromatic amines is 1. The standard InChI is InChI=1S/C14H13Cl2N3OS/c15-8-5-4-7(6-9(8)16)21-11-3-1-2-10-12(11)13(20)19-14(17)18-10/h4-6,11H,1-3H2,(H3,17,18,19,20). The number of aromatic nitrogens is 2. The number of benzene rings is 1. The van der Waals surface area contributed by atoms with Crippen LogP contribution in [0.5, 0.6) is 0 Å². The fraction of sp³-hybridized carbons (Fsp3) is 0.286. The third kappa shape index (κ3) is 3.05. The lowest BCUT2D eigenvalue weighted by Gasteiger charge is -2.23. The molecule has 0 spiro atoms. The highest BCUT2D eigenvalue weighted by molar-refractivity contribution is 7.99. The monoisotopic (exact) mass is 341 g/mol. The summed E-state index contributed by atoms with van der Waals surface area (Å²) in [5.41, 5.74) is 7.00. The topological polar surface area (TPSA) is 71.8 Å². The third-order valence-corrected chi connectivity index (χ3v) is 5.44. The summed E-state index contributed by atoms with van der Waals surface area (Å²) in [6.45, 7) is 0. The van der Waals surface area contributed by atoms with Gasteiger partial charge in [-0.3, -0.25) is 9.78 Å². The number of rotatable bonds is 2. The van der Waals surface area contributed by atoms with E-state index in [4.69, 9.17) is 28.9 Å². The molecule has 1 aromatic carbocycles. The molecule has 1 unspecified atom stereocenters. The Bertz CT molecular complexity index is 747. The van der Waals surface area contributed by atoms with Crippen molar-refractivity contribution in [3.63, 3.8) is 0 Å². The highest BCUT2D eigenvalue weighted by Crippen LogP contribution is 2.42. The van der Waals surface area contributed by atoms with Gasteiger partial charge in [0, 0.05) is 10.1 Å². The van der Waals surface area contributed by atoms with Crippen molar-refractivity contribution < 1.29 is 0 Å². The lowest BCUT2D eigenvalue weighted by atomic mass is 9.97. The maximum atomic E-state index is 12.2. The van der Waals surface area contributed by atoms with Crippen LogP contribution in [0.15, 0.2) is 27.9 Å². The molecule has 0 amide bonds. The first kappa shape index (κ1) is 14.8. The Kier molecular flexibility index (Phi) is 4.15. The second kappa shape index (κ2) is 5.91. The van der Waals surface area contributed by atoms with Crippen LogP contribution >= 0.6 is 35.0 Å². The second-order valence-corrected chi connectivity index (χ2v) is 6.98. The zero-order chi connectivity index (χ0) is 15.0. The van der Waals surface area contributed by atoms with E-state index in [9.17, 15) is 4.79 Å². The van der Waals surface area contributed by atoms with Gasteiger partial charge in [0.15, 0.2) is 0 Å². The molecule has 2 aromatic rings. The molecule has 0 saturated carbocycles. The van der Waals surface area contributed by atoms with E-state index in [2.05, 4.69) is 9.97 Å². The Hall–Kier alpha value is -1.17. The molecule has 0 saturated heterocycles. The molecule has 1 atom stereocenters. The molecule has 1 heterocycles. The van der Waals surface area contributed by atoms with Crippen LogP contribution in [0.3, 0.4) is 0 Å². The average molecular weight is 342 g/mol. The SMILES string of the molecule is Nc1nc2c(c(=O)[nH]1)C(Sc1ccc(Cl)c(Cl)c1)CCC2. The number of nitrogens with zero attached hydrogens (tertiary/aromatic N) is 1. The molecule has 1 aromatic heterocycles. The average Bonchev–Trinajstić information content (AvgIpc) is 2.42. The van der Waals surface area contributed by atoms with Gasteiger partial charge in [0.25, 0.3) is 5.56 Å². The van der Waals surface area contributed by atoms with E-state index in [0.717, 1.165) is 35.4 Å². The van der Waals surface area contributed by atoms with Crippen LogP contribution < -0.4 is 11.3 Å². The largest absolute Gasteiger partial charge is 0.369 e. The predicted molar refractivity (Wildman–Crippen MR) is 87.3 cm³/mol. The molecule has 0 fully saturated rings. The zero-order valence-corrected chi connectivity index (χ0v) is 13.4. The summed E-state index contributed by atoms with van der Waals surface area (Å²) in [5.74, 6) is 0.180. The molecule has 7 heteroatoms. The van der Waals surface area contributed by atoms with Gasteiger partial charge in [-0.2, -0.15) is 0 Å². The van der Waals surface area contributed by atoms with Gasteiger partial charge < -0.3 is 5.73 Å². The van der Waals surface area contributed by atoms with Gasteiger partial charge in [-0.15, -0.1) is 11.8 Å². The Morgan fingerprint density at radius 1 is 1.33 bits per heavy atom. The minimum absolute atomic E-state index is 0.0582. The van der Waals surface area contributed by atoms with Crippen molar-refractivity contribution in [2.24, 2.45) is 0 Å². The number of anilines is 1. The molecule has 0 aliphatic heterocycles. The summed E-state index contributed by atoms with van der Waals surface area (Å²) in [5, 5.41) is 1.10. The number of hydrogen-bond acceptors (Lipinski definition) is 4. The van der Waals surface area contributed by atoms with Crippen molar-refractivity contribution in [1.82, 2.24) is 9.97 Å². The van der Waals surface area contributed by atoms with Crippen molar-refractivity contribution in [3.05, 3.63) is 49.9 Å². The van der Waals surface area contributed by atoms with E-state index < -0.39 is 0 Å². The van der Waals surface area contributed by atoms with E-state index in [1.807, 2.05) is 12.1 Å².